The van der Waals surface area contributed by atoms with Crippen molar-refractivity contribution in [3.8, 4) is 0 Å². The third-order valence-corrected chi connectivity index (χ3v) is 18.1. The lowest BCUT2D eigenvalue weighted by molar-refractivity contribution is -0.405. The Balaban J connectivity index is 0.916. The van der Waals surface area contributed by atoms with Crippen molar-refractivity contribution in [3.63, 3.8) is 0 Å². The summed E-state index contributed by atoms with van der Waals surface area (Å²) in [6.45, 7) is 6.79. The Bertz CT molecular complexity index is 1930. The molecule has 3 saturated carbocycles. The van der Waals surface area contributed by atoms with E-state index in [1.807, 2.05) is 13.8 Å². The van der Waals surface area contributed by atoms with Crippen LogP contribution in [0.3, 0.4) is 0 Å². The van der Waals surface area contributed by atoms with Crippen LogP contribution in [0.15, 0.2) is 11.6 Å². The van der Waals surface area contributed by atoms with E-state index in [4.69, 9.17) is 37.9 Å². The van der Waals surface area contributed by atoms with Gasteiger partial charge in [-0.15, -0.1) is 0 Å². The molecule has 0 spiro atoms. The smallest absolute Gasteiger partial charge is 0.189 e. The number of aliphatic hydroxyl groups is 14. The van der Waals surface area contributed by atoms with Crippen LogP contribution in [-0.4, -0.2) is 232 Å². The number of ether oxygens (including phenoxy) is 8. The molecule has 73 heavy (non-hydrogen) atoms. The van der Waals surface area contributed by atoms with Crippen molar-refractivity contribution >= 4 is 11.6 Å². The van der Waals surface area contributed by atoms with Gasteiger partial charge in [0.2, 0.25) is 0 Å². The molecule has 24 nitrogen and oxygen atoms in total. The molecule has 24 heteroatoms. The molecular weight excluding hydrogens is 973 g/mol. The zero-order valence-corrected chi connectivity index (χ0v) is 41.5. The molecule has 0 aromatic rings. The maximum Gasteiger partial charge on any atom is 0.189 e. The van der Waals surface area contributed by atoms with Crippen LogP contribution in [0.1, 0.15) is 85.5 Å². The standard InChI is InChI=1S/C49H78O24/c1-18(17-66-44-36(60)31(55)30(54)27(15-50)68-44)5-8-25(52)19(2)29-26(53)14-24-22-7-6-20-13-21(9-11-48(20,3)23(22)10-12-49(24,29)4)67-47-41(71-46-38(62)33(57)35(59)43(65)73-46)39(63)40(28(16-51)69-47)70-45-37(61)32(56)34(58)42(64)72-45/h6,18-19,21-24,27-47,50-51,54-65H,5,7-17H2,1-4H3/t18-,19-,21?,22-,23+,24+,27?,28?,29+,30-,31+,32+,33+,34-,35-,36?,37?,38?,39+,40-,41?,42?,43?,44-,45-,46-,47-,48+,49+/m1/s1. The van der Waals surface area contributed by atoms with Gasteiger partial charge >= 0.3 is 0 Å². The third kappa shape index (κ3) is 10.9. The Labute approximate surface area is 422 Å². The highest BCUT2D eigenvalue weighted by Gasteiger charge is 2.63. The van der Waals surface area contributed by atoms with E-state index >= 15 is 0 Å². The first-order chi connectivity index (χ1) is 34.4. The lowest BCUT2D eigenvalue weighted by Gasteiger charge is -2.58. The summed E-state index contributed by atoms with van der Waals surface area (Å²) in [6.07, 6.45) is -28.2. The van der Waals surface area contributed by atoms with Gasteiger partial charge in [0.15, 0.2) is 37.7 Å². The van der Waals surface area contributed by atoms with Crippen molar-refractivity contribution in [1.82, 2.24) is 0 Å². The van der Waals surface area contributed by atoms with E-state index in [2.05, 4.69) is 19.9 Å². The number of carbonyl (C=O) groups is 2. The van der Waals surface area contributed by atoms with Crippen LogP contribution < -0.4 is 0 Å². The SMILES string of the molecule is C[C@H](CCC(=O)[C@@H](C)[C@H]1C(=O)C[C@H]2[C@@H]3CC=C4CC(O[C@@H]5OC(CO)[C@@H](O[C@@H]6OC(O)[C@H](O)[C@H](O)C6O)[C@H](O)C5O[C@@H]5OC(O)[C@H](O)[C@H](O)C5O)CC[C@]4(C)[C@H]3CC[C@]12C)CO[C@@H]1OC(CO)[C@@H](O)[C@H](O)C1O. The van der Waals surface area contributed by atoms with Crippen molar-refractivity contribution in [2.75, 3.05) is 19.8 Å². The molecule has 0 bridgehead atoms. The van der Waals surface area contributed by atoms with E-state index in [1.54, 1.807) is 0 Å². The number of Topliss-reactive ketones (excluding diaryl/α,β-unsaturated/α-hetero) is 2. The van der Waals surface area contributed by atoms with Gasteiger partial charge in [-0.05, 0) is 79.4 Å². The highest BCUT2D eigenvalue weighted by atomic mass is 16.8. The summed E-state index contributed by atoms with van der Waals surface area (Å²) in [4.78, 5) is 28.0. The molecule has 418 valence electrons. The number of carbonyl (C=O) groups excluding carboxylic acids is 2. The van der Waals surface area contributed by atoms with Gasteiger partial charge < -0.3 is 109 Å². The van der Waals surface area contributed by atoms with Crippen LogP contribution >= 0.6 is 0 Å². The molecule has 0 radical (unpaired) electrons. The monoisotopic (exact) mass is 1050 g/mol. The fourth-order valence-electron chi connectivity index (χ4n) is 13.6. The normalized spacial score (nSPS) is 51.1. The zero-order chi connectivity index (χ0) is 53.2. The van der Waals surface area contributed by atoms with Gasteiger partial charge in [-0.25, -0.2) is 0 Å². The summed E-state index contributed by atoms with van der Waals surface area (Å²) >= 11 is 0. The first-order valence-corrected chi connectivity index (χ1v) is 25.8. The second-order valence-electron chi connectivity index (χ2n) is 22.5. The molecular formula is C49H78O24. The van der Waals surface area contributed by atoms with Crippen molar-refractivity contribution in [2.24, 2.45) is 46.3 Å². The van der Waals surface area contributed by atoms with Gasteiger partial charge in [-0.3, -0.25) is 9.59 Å². The van der Waals surface area contributed by atoms with E-state index in [-0.39, 0.29) is 53.7 Å². The molecule has 7 fully saturated rings. The van der Waals surface area contributed by atoms with E-state index in [9.17, 15) is 81.1 Å². The Morgan fingerprint density at radius 3 is 1.84 bits per heavy atom. The number of rotatable bonds is 16. The molecule has 9 unspecified atom stereocenters. The molecule has 0 aromatic carbocycles. The molecule has 4 saturated heterocycles. The second kappa shape index (κ2) is 22.9. The Hall–Kier alpha value is -1.80. The number of ketones is 2. The molecule has 0 amide bonds. The van der Waals surface area contributed by atoms with Crippen molar-refractivity contribution in [3.05, 3.63) is 11.6 Å². The van der Waals surface area contributed by atoms with Gasteiger partial charge in [-0.2, -0.15) is 0 Å². The van der Waals surface area contributed by atoms with Gasteiger partial charge in [0.25, 0.3) is 0 Å². The Kier molecular flexibility index (Phi) is 18.0. The van der Waals surface area contributed by atoms with Gasteiger partial charge in [0, 0.05) is 24.7 Å². The maximum absolute atomic E-state index is 14.1. The first-order valence-electron chi connectivity index (χ1n) is 25.8. The highest BCUT2D eigenvalue weighted by Crippen LogP contribution is 2.66. The molecule has 29 atom stereocenters. The van der Waals surface area contributed by atoms with Crippen LogP contribution in [0, 0.1) is 46.3 Å². The zero-order valence-electron chi connectivity index (χ0n) is 41.5. The Morgan fingerprint density at radius 1 is 0.644 bits per heavy atom. The molecule has 4 heterocycles. The first kappa shape index (κ1) is 57.4. The van der Waals surface area contributed by atoms with Gasteiger partial charge in [0.05, 0.1) is 25.9 Å². The summed E-state index contributed by atoms with van der Waals surface area (Å²) in [7, 11) is 0. The average Bonchev–Trinajstić information content (AvgIpc) is 3.64. The van der Waals surface area contributed by atoms with Gasteiger partial charge in [-0.1, -0.05) is 39.3 Å². The Morgan fingerprint density at radius 2 is 1.22 bits per heavy atom. The summed E-state index contributed by atoms with van der Waals surface area (Å²) in [5.74, 6) is -0.653. The van der Waals surface area contributed by atoms with E-state index in [0.717, 1.165) is 18.4 Å². The lowest BCUT2D eigenvalue weighted by Crippen LogP contribution is -2.67. The average molecular weight is 1050 g/mol. The van der Waals surface area contributed by atoms with Crippen molar-refractivity contribution in [1.29, 1.82) is 0 Å². The molecule has 4 aliphatic heterocycles. The number of aliphatic hydroxyl groups excluding tert-OH is 14. The van der Waals surface area contributed by atoms with Crippen LogP contribution in [0.4, 0.5) is 0 Å². The number of hydrogen-bond acceptors (Lipinski definition) is 24. The highest BCUT2D eigenvalue weighted by molar-refractivity contribution is 5.92. The quantitative estimate of drug-likeness (QED) is 0.0654. The molecule has 4 aliphatic carbocycles. The number of hydrogen-bond donors (Lipinski definition) is 14. The van der Waals surface area contributed by atoms with Crippen LogP contribution in [0.5, 0.6) is 0 Å². The molecule has 0 aromatic heterocycles. The topological polar surface area (TPSA) is 391 Å². The molecule has 8 aliphatic rings. The summed E-state index contributed by atoms with van der Waals surface area (Å²) < 4.78 is 46.0. The minimum Gasteiger partial charge on any atom is -0.394 e. The maximum atomic E-state index is 14.1. The molecule has 14 N–H and O–H groups in total. The van der Waals surface area contributed by atoms with Crippen molar-refractivity contribution < 1.29 is 119 Å². The minimum atomic E-state index is -2.03. The summed E-state index contributed by atoms with van der Waals surface area (Å²) in [5, 5.41) is 145. The number of allylic oxidation sites excluding steroid dienone is 1. The van der Waals surface area contributed by atoms with E-state index in [1.165, 1.54) is 0 Å². The van der Waals surface area contributed by atoms with Gasteiger partial charge in [0.1, 0.15) is 97.0 Å². The fourth-order valence-corrected chi connectivity index (χ4v) is 13.6. The largest absolute Gasteiger partial charge is 0.394 e. The van der Waals surface area contributed by atoms with Crippen molar-refractivity contribution in [2.45, 2.75) is 215 Å². The van der Waals surface area contributed by atoms with E-state index < -0.39 is 160 Å². The fraction of sp³-hybridized carbons (Fsp3) is 0.918. The van der Waals surface area contributed by atoms with Crippen LogP contribution in [0.2, 0.25) is 0 Å². The third-order valence-electron chi connectivity index (χ3n) is 18.1. The number of fused-ring (bicyclic) bond motifs is 5. The predicted molar refractivity (Wildman–Crippen MR) is 242 cm³/mol. The molecule has 8 rings (SSSR count). The lowest BCUT2D eigenvalue weighted by atomic mass is 9.47. The second-order valence-corrected chi connectivity index (χ2v) is 22.5. The predicted octanol–water partition coefficient (Wildman–Crippen LogP) is -4.07. The minimum absolute atomic E-state index is 0.0255. The summed E-state index contributed by atoms with van der Waals surface area (Å²) in [5.41, 5.74) is 0.436. The van der Waals surface area contributed by atoms with Crippen LogP contribution in [-0.2, 0) is 47.5 Å². The van der Waals surface area contributed by atoms with Crippen LogP contribution in [0.25, 0.3) is 0 Å². The van der Waals surface area contributed by atoms with E-state index in [0.29, 0.717) is 38.5 Å². The summed E-state index contributed by atoms with van der Waals surface area (Å²) in [6, 6.07) is 0.